The Labute approximate surface area is 259 Å². The fraction of sp³-hybridized carbons (Fsp3) is 0.344. The van der Waals surface area contributed by atoms with Crippen molar-refractivity contribution in [2.24, 2.45) is 16.6 Å². The quantitative estimate of drug-likeness (QED) is 0.207. The maximum absolute atomic E-state index is 12.6. The molecule has 4 rings (SSSR count). The third kappa shape index (κ3) is 9.08. The van der Waals surface area contributed by atoms with Gasteiger partial charge < -0.3 is 11.1 Å². The van der Waals surface area contributed by atoms with Gasteiger partial charge in [0.05, 0.1) is 37.0 Å². The first-order valence-electron chi connectivity index (χ1n) is 14.1. The first kappa shape index (κ1) is 31.6. The van der Waals surface area contributed by atoms with Crippen LogP contribution in [0.2, 0.25) is 0 Å². The molecule has 2 amide bonds. The van der Waals surface area contributed by atoms with Gasteiger partial charge in [-0.25, -0.2) is 0 Å². The van der Waals surface area contributed by atoms with Gasteiger partial charge in [-0.05, 0) is 72.3 Å². The van der Waals surface area contributed by atoms with E-state index in [1.54, 1.807) is 24.3 Å². The number of amidine groups is 1. The predicted molar refractivity (Wildman–Crippen MR) is 170 cm³/mol. The molecule has 2 atom stereocenters. The molecule has 9 nitrogen and oxygen atoms in total. The number of aromatic nitrogens is 2. The van der Waals surface area contributed by atoms with E-state index in [-0.39, 0.29) is 41.7 Å². The molecule has 220 valence electrons. The minimum atomic E-state index is -0.307. The van der Waals surface area contributed by atoms with Gasteiger partial charge in [0.1, 0.15) is 5.01 Å². The molecule has 2 aromatic carbocycles. The molecule has 1 aliphatic carbocycles. The highest BCUT2D eigenvalue weighted by Gasteiger charge is 2.32. The molecule has 3 aromatic rings. The summed E-state index contributed by atoms with van der Waals surface area (Å²) in [5.41, 5.74) is 10.6. The van der Waals surface area contributed by atoms with Gasteiger partial charge in [-0.15, -0.1) is 10.2 Å². The van der Waals surface area contributed by atoms with E-state index < -0.39 is 0 Å². The average Bonchev–Trinajstić information content (AvgIpc) is 3.67. The molecule has 2 unspecified atom stereocenters. The summed E-state index contributed by atoms with van der Waals surface area (Å²) in [6, 6.07) is 18.5. The van der Waals surface area contributed by atoms with Crippen molar-refractivity contribution in [2.75, 3.05) is 5.32 Å². The maximum Gasteiger partial charge on any atom is 0.252 e. The Bertz CT molecular complexity index is 1600. The van der Waals surface area contributed by atoms with Crippen molar-refractivity contribution in [2.45, 2.75) is 64.7 Å². The third-order valence-electron chi connectivity index (χ3n) is 7.35. The van der Waals surface area contributed by atoms with Crippen molar-refractivity contribution in [1.82, 2.24) is 10.2 Å². The molecule has 0 saturated heterocycles. The predicted octanol–water partition coefficient (Wildman–Crippen LogP) is 6.04. The number of benzene rings is 2. The molecule has 1 heterocycles. The van der Waals surface area contributed by atoms with Crippen molar-refractivity contribution in [3.63, 3.8) is 0 Å². The van der Waals surface area contributed by atoms with Crippen molar-refractivity contribution in [1.29, 1.82) is 10.5 Å². The van der Waals surface area contributed by atoms with Crippen LogP contribution in [0.4, 0.5) is 5.13 Å². The Morgan fingerprint density at radius 1 is 1.05 bits per heavy atom. The zero-order valence-electron chi connectivity index (χ0n) is 24.2. The number of thioether (sulfide) groups is 1. The van der Waals surface area contributed by atoms with Gasteiger partial charge in [0.25, 0.3) is 5.91 Å². The molecule has 0 bridgehead atoms. The van der Waals surface area contributed by atoms with Crippen LogP contribution in [0.15, 0.2) is 64.0 Å². The Kier molecular flexibility index (Phi) is 11.2. The standard InChI is InChI=1S/C32H33N7O2S2/c1-3-20(2)29(42-31(35)36-27(40)16-22-6-4-21(5-7-22)14-15-33)25-12-13-26(18-25)30-38-39-32(43-30)37-28(41)17-23-8-10-24(19-34)11-9-23/h4-11,25-26H,3,12-14,16-18H2,1-2H3,(H2,35,36,40)(H,37,39,41). The van der Waals surface area contributed by atoms with Crippen LogP contribution in [0.3, 0.4) is 0 Å². The minimum absolute atomic E-state index is 0.148. The van der Waals surface area contributed by atoms with Gasteiger partial charge >= 0.3 is 0 Å². The monoisotopic (exact) mass is 611 g/mol. The highest BCUT2D eigenvalue weighted by molar-refractivity contribution is 8.17. The molecular weight excluding hydrogens is 579 g/mol. The van der Waals surface area contributed by atoms with Crippen LogP contribution in [-0.2, 0) is 28.9 Å². The summed E-state index contributed by atoms with van der Waals surface area (Å²) in [4.78, 5) is 30.5. The summed E-state index contributed by atoms with van der Waals surface area (Å²) in [5.74, 6) is -0.00351. The first-order valence-corrected chi connectivity index (χ1v) is 15.7. The van der Waals surface area contributed by atoms with Gasteiger partial charge in [0.2, 0.25) is 11.0 Å². The molecule has 11 heteroatoms. The number of amides is 2. The number of hydrogen-bond acceptors (Lipinski definition) is 8. The normalized spacial score (nSPS) is 17.1. The SMILES string of the molecule is CCC(C)=C(SC(N)=NC(=O)Cc1ccc(CC#N)cc1)C1CCC(c2nnc(NC(=O)Cc3ccc(C#N)cc3)s2)C1. The number of nitriles is 2. The van der Waals surface area contributed by atoms with Crippen molar-refractivity contribution in [3.8, 4) is 12.1 Å². The maximum atomic E-state index is 12.6. The zero-order chi connectivity index (χ0) is 30.8. The molecule has 0 aliphatic heterocycles. The highest BCUT2D eigenvalue weighted by Crippen LogP contribution is 2.46. The number of nitrogens with zero attached hydrogens (tertiary/aromatic N) is 5. The van der Waals surface area contributed by atoms with E-state index in [1.807, 2.05) is 24.3 Å². The van der Waals surface area contributed by atoms with Crippen LogP contribution < -0.4 is 11.1 Å². The van der Waals surface area contributed by atoms with Crippen LogP contribution in [0.25, 0.3) is 0 Å². The lowest BCUT2D eigenvalue weighted by atomic mass is 10.0. The Morgan fingerprint density at radius 3 is 2.40 bits per heavy atom. The van der Waals surface area contributed by atoms with Crippen LogP contribution in [0.1, 0.15) is 72.7 Å². The number of hydrogen-bond donors (Lipinski definition) is 2. The Morgan fingerprint density at radius 2 is 1.72 bits per heavy atom. The average molecular weight is 612 g/mol. The molecule has 1 fully saturated rings. The highest BCUT2D eigenvalue weighted by atomic mass is 32.2. The number of carbonyl (C=O) groups excluding carboxylic acids is 2. The van der Waals surface area contributed by atoms with Gasteiger partial charge in [0.15, 0.2) is 5.17 Å². The second-order valence-electron chi connectivity index (χ2n) is 10.5. The van der Waals surface area contributed by atoms with E-state index in [9.17, 15) is 9.59 Å². The summed E-state index contributed by atoms with van der Waals surface area (Å²) in [5, 5.41) is 30.8. The van der Waals surface area contributed by atoms with Crippen molar-refractivity contribution >= 4 is 45.2 Å². The second-order valence-corrected chi connectivity index (χ2v) is 12.5. The largest absolute Gasteiger partial charge is 0.378 e. The second kappa shape index (κ2) is 15.2. The minimum Gasteiger partial charge on any atom is -0.378 e. The van der Waals surface area contributed by atoms with E-state index in [4.69, 9.17) is 16.3 Å². The molecule has 0 radical (unpaired) electrons. The number of carbonyl (C=O) groups is 2. The van der Waals surface area contributed by atoms with Gasteiger partial charge in [0, 0.05) is 5.92 Å². The number of nitrogens with one attached hydrogen (secondary N) is 1. The summed E-state index contributed by atoms with van der Waals surface area (Å²) >= 11 is 2.78. The van der Waals surface area contributed by atoms with Crippen LogP contribution in [0.5, 0.6) is 0 Å². The molecule has 0 spiro atoms. The number of allylic oxidation sites excluding steroid dienone is 2. The molecule has 1 saturated carbocycles. The lowest BCUT2D eigenvalue weighted by molar-refractivity contribution is -0.117. The van der Waals surface area contributed by atoms with Crippen molar-refractivity contribution < 1.29 is 9.59 Å². The van der Waals surface area contributed by atoms with E-state index in [0.717, 1.165) is 52.3 Å². The number of aliphatic imine (C=N–C) groups is 1. The Hall–Kier alpha value is -4.32. The number of rotatable bonds is 10. The number of anilines is 1. The summed E-state index contributed by atoms with van der Waals surface area (Å²) in [6.45, 7) is 4.20. The van der Waals surface area contributed by atoms with E-state index in [1.165, 1.54) is 28.7 Å². The molecule has 1 aromatic heterocycles. The Balaban J connectivity index is 1.33. The third-order valence-corrected chi connectivity index (χ3v) is 9.55. The smallest absolute Gasteiger partial charge is 0.252 e. The fourth-order valence-corrected chi connectivity index (χ4v) is 6.95. The van der Waals surface area contributed by atoms with Crippen LogP contribution in [0, 0.1) is 28.6 Å². The lowest BCUT2D eigenvalue weighted by Crippen LogP contribution is -2.14. The lowest BCUT2D eigenvalue weighted by Gasteiger charge is -2.17. The van der Waals surface area contributed by atoms with Crippen LogP contribution >= 0.6 is 23.1 Å². The topological polar surface area (TPSA) is 158 Å². The summed E-state index contributed by atoms with van der Waals surface area (Å²) < 4.78 is 0. The molecule has 3 N–H and O–H groups in total. The van der Waals surface area contributed by atoms with Crippen LogP contribution in [-0.4, -0.2) is 27.2 Å². The molecule has 43 heavy (non-hydrogen) atoms. The van der Waals surface area contributed by atoms with Crippen molar-refractivity contribution in [3.05, 3.63) is 86.3 Å². The van der Waals surface area contributed by atoms with Gasteiger partial charge in [-0.1, -0.05) is 72.0 Å². The first-order chi connectivity index (χ1) is 20.8. The fourth-order valence-electron chi connectivity index (χ4n) is 4.97. The zero-order valence-corrected chi connectivity index (χ0v) is 25.8. The van der Waals surface area contributed by atoms with E-state index in [0.29, 0.717) is 17.1 Å². The van der Waals surface area contributed by atoms with E-state index >= 15 is 0 Å². The van der Waals surface area contributed by atoms with E-state index in [2.05, 4.69) is 46.5 Å². The number of nitrogens with two attached hydrogens (primary N) is 1. The molecule has 1 aliphatic rings. The van der Waals surface area contributed by atoms with Gasteiger partial charge in [-0.3, -0.25) is 9.59 Å². The summed E-state index contributed by atoms with van der Waals surface area (Å²) in [7, 11) is 0. The molecular formula is C32H33N7O2S2. The summed E-state index contributed by atoms with van der Waals surface area (Å²) in [6.07, 6.45) is 4.32. The van der Waals surface area contributed by atoms with Gasteiger partial charge in [-0.2, -0.15) is 15.5 Å².